The summed E-state index contributed by atoms with van der Waals surface area (Å²) >= 11 is 1.32. The average molecular weight is 333 g/mol. The lowest BCUT2D eigenvalue weighted by molar-refractivity contribution is -0.119. The van der Waals surface area contributed by atoms with Crippen molar-refractivity contribution in [3.8, 4) is 5.69 Å². The number of thioether (sulfide) groups is 1. The van der Waals surface area contributed by atoms with Crippen molar-refractivity contribution in [2.75, 3.05) is 18.9 Å². The highest BCUT2D eigenvalue weighted by atomic mass is 32.2. The molecule has 3 rings (SSSR count). The Balaban J connectivity index is 1.54. The Morgan fingerprint density at radius 2 is 2.43 bits per heavy atom. The molecule has 2 aromatic rings. The number of amides is 1. The van der Waals surface area contributed by atoms with Gasteiger partial charge in [0, 0.05) is 13.2 Å². The van der Waals surface area contributed by atoms with Crippen LogP contribution in [0.5, 0.6) is 0 Å². The molecule has 1 fully saturated rings. The molecule has 1 amide bonds. The molecule has 1 aromatic carbocycles. The minimum absolute atomic E-state index is 0.0377. The molecule has 0 aliphatic carbocycles. The van der Waals surface area contributed by atoms with Gasteiger partial charge in [0.05, 0.1) is 17.5 Å². The van der Waals surface area contributed by atoms with Crippen molar-refractivity contribution in [3.63, 3.8) is 0 Å². The molecule has 0 unspecified atom stereocenters. The fourth-order valence-electron chi connectivity index (χ4n) is 2.40. The summed E-state index contributed by atoms with van der Waals surface area (Å²) < 4.78 is 7.13. The first kappa shape index (κ1) is 15.9. The monoisotopic (exact) mass is 333 g/mol. The van der Waals surface area contributed by atoms with Crippen LogP contribution < -0.4 is 5.32 Å². The van der Waals surface area contributed by atoms with Gasteiger partial charge in [-0.15, -0.1) is 5.10 Å². The van der Waals surface area contributed by atoms with Crippen LogP contribution >= 0.6 is 11.8 Å². The number of carbonyl (C=O) groups excluding carboxylic acids is 1. The Bertz CT molecular complexity index is 669. The summed E-state index contributed by atoms with van der Waals surface area (Å²) in [7, 11) is 0. The van der Waals surface area contributed by atoms with Gasteiger partial charge in [0.25, 0.3) is 0 Å². The first-order chi connectivity index (χ1) is 11.2. The predicted molar refractivity (Wildman–Crippen MR) is 86.6 cm³/mol. The summed E-state index contributed by atoms with van der Waals surface area (Å²) in [5.41, 5.74) is 2.01. The maximum absolute atomic E-state index is 11.9. The van der Waals surface area contributed by atoms with E-state index in [1.54, 1.807) is 4.68 Å². The molecule has 2 heterocycles. The third-order valence-electron chi connectivity index (χ3n) is 3.57. The quantitative estimate of drug-likeness (QED) is 0.804. The van der Waals surface area contributed by atoms with E-state index < -0.39 is 0 Å². The molecule has 8 heteroatoms. The standard InChI is InChI=1S/C15H19N5O2S/c1-11-4-2-5-12(8-11)20-15(17-18-19-20)23-10-14(21)16-9-13-6-3-7-22-13/h2,4-5,8,13H,3,6-7,9-10H2,1H3,(H,16,21)/t13-/m0/s1. The molecule has 7 nitrogen and oxygen atoms in total. The van der Waals surface area contributed by atoms with Crippen LogP contribution in [0, 0.1) is 6.92 Å². The van der Waals surface area contributed by atoms with Gasteiger partial charge >= 0.3 is 0 Å². The molecular formula is C15H19N5O2S. The number of rotatable bonds is 6. The number of aromatic nitrogens is 4. The van der Waals surface area contributed by atoms with Crippen LogP contribution in [0.2, 0.25) is 0 Å². The van der Waals surface area contributed by atoms with Gasteiger partial charge < -0.3 is 10.1 Å². The number of hydrogen-bond donors (Lipinski definition) is 1. The number of carbonyl (C=O) groups is 1. The molecular weight excluding hydrogens is 314 g/mol. The minimum atomic E-state index is -0.0377. The second kappa shape index (κ2) is 7.56. The van der Waals surface area contributed by atoms with Crippen LogP contribution in [-0.4, -0.2) is 51.1 Å². The normalized spacial score (nSPS) is 17.3. The van der Waals surface area contributed by atoms with E-state index >= 15 is 0 Å². The SMILES string of the molecule is Cc1cccc(-n2nnnc2SCC(=O)NC[C@@H]2CCCO2)c1. The minimum Gasteiger partial charge on any atom is -0.376 e. The third kappa shape index (κ3) is 4.29. The van der Waals surface area contributed by atoms with E-state index in [1.807, 2.05) is 31.2 Å². The van der Waals surface area contributed by atoms with Crippen molar-refractivity contribution in [2.24, 2.45) is 0 Å². The van der Waals surface area contributed by atoms with Crippen LogP contribution in [0.25, 0.3) is 5.69 Å². The molecule has 1 aliphatic heterocycles. The number of nitrogens with zero attached hydrogens (tertiary/aromatic N) is 4. The second-order valence-corrected chi connectivity index (χ2v) is 6.38. The zero-order valence-electron chi connectivity index (χ0n) is 12.9. The van der Waals surface area contributed by atoms with Crippen molar-refractivity contribution < 1.29 is 9.53 Å². The van der Waals surface area contributed by atoms with Gasteiger partial charge in [-0.25, -0.2) is 0 Å². The Hall–Kier alpha value is -1.93. The van der Waals surface area contributed by atoms with Gasteiger partial charge in [-0.1, -0.05) is 23.9 Å². The van der Waals surface area contributed by atoms with E-state index in [0.29, 0.717) is 11.7 Å². The summed E-state index contributed by atoms with van der Waals surface area (Å²) in [5.74, 6) is 0.239. The van der Waals surface area contributed by atoms with E-state index in [4.69, 9.17) is 4.74 Å². The molecule has 0 bridgehead atoms. The lowest BCUT2D eigenvalue weighted by Crippen LogP contribution is -2.32. The van der Waals surface area contributed by atoms with Crippen LogP contribution in [0.1, 0.15) is 18.4 Å². The predicted octanol–water partition coefficient (Wildman–Crippen LogP) is 1.36. The summed E-state index contributed by atoms with van der Waals surface area (Å²) in [6.07, 6.45) is 2.24. The molecule has 122 valence electrons. The zero-order valence-corrected chi connectivity index (χ0v) is 13.8. The maximum atomic E-state index is 11.9. The van der Waals surface area contributed by atoms with Crippen LogP contribution in [-0.2, 0) is 9.53 Å². The number of aryl methyl sites for hydroxylation is 1. The fourth-order valence-corrected chi connectivity index (χ4v) is 3.13. The number of benzene rings is 1. The molecule has 0 spiro atoms. The topological polar surface area (TPSA) is 81.9 Å². The lowest BCUT2D eigenvalue weighted by atomic mass is 10.2. The Morgan fingerprint density at radius 3 is 3.22 bits per heavy atom. The maximum Gasteiger partial charge on any atom is 0.230 e. The van der Waals surface area contributed by atoms with Gasteiger partial charge in [-0.2, -0.15) is 4.68 Å². The van der Waals surface area contributed by atoms with Gasteiger partial charge in [0.1, 0.15) is 0 Å². The summed E-state index contributed by atoms with van der Waals surface area (Å²) in [4.78, 5) is 11.9. The molecule has 1 N–H and O–H groups in total. The summed E-state index contributed by atoms with van der Waals surface area (Å²) in [6, 6.07) is 7.90. The van der Waals surface area contributed by atoms with E-state index in [9.17, 15) is 4.79 Å². The first-order valence-electron chi connectivity index (χ1n) is 7.59. The van der Waals surface area contributed by atoms with E-state index in [2.05, 4.69) is 20.8 Å². The average Bonchev–Trinajstić information content (AvgIpc) is 3.22. The Kier molecular flexibility index (Phi) is 5.24. The van der Waals surface area contributed by atoms with Crippen LogP contribution in [0.15, 0.2) is 29.4 Å². The molecule has 1 atom stereocenters. The van der Waals surface area contributed by atoms with Crippen LogP contribution in [0.4, 0.5) is 0 Å². The van der Waals surface area contributed by atoms with Gasteiger partial charge in [0.2, 0.25) is 11.1 Å². The third-order valence-corrected chi connectivity index (χ3v) is 4.49. The van der Waals surface area contributed by atoms with Crippen LogP contribution in [0.3, 0.4) is 0 Å². The van der Waals surface area contributed by atoms with Crippen molar-refractivity contribution >= 4 is 17.7 Å². The Morgan fingerprint density at radius 1 is 1.52 bits per heavy atom. The van der Waals surface area contributed by atoms with Crippen molar-refractivity contribution in [1.82, 2.24) is 25.5 Å². The van der Waals surface area contributed by atoms with Crippen molar-refractivity contribution in [3.05, 3.63) is 29.8 Å². The smallest absolute Gasteiger partial charge is 0.230 e. The second-order valence-electron chi connectivity index (χ2n) is 5.44. The summed E-state index contributed by atoms with van der Waals surface area (Å²) in [5, 5.41) is 15.2. The van der Waals surface area contributed by atoms with Gasteiger partial charge in [-0.05, 0) is 47.9 Å². The molecule has 1 aliphatic rings. The molecule has 1 saturated heterocycles. The highest BCUT2D eigenvalue weighted by molar-refractivity contribution is 7.99. The highest BCUT2D eigenvalue weighted by Gasteiger charge is 2.17. The van der Waals surface area contributed by atoms with E-state index in [0.717, 1.165) is 30.7 Å². The first-order valence-corrected chi connectivity index (χ1v) is 8.57. The Labute approximate surface area is 138 Å². The lowest BCUT2D eigenvalue weighted by Gasteiger charge is -2.10. The molecule has 23 heavy (non-hydrogen) atoms. The van der Waals surface area contributed by atoms with Crippen molar-refractivity contribution in [1.29, 1.82) is 0 Å². The van der Waals surface area contributed by atoms with E-state index in [-0.39, 0.29) is 17.8 Å². The van der Waals surface area contributed by atoms with E-state index in [1.165, 1.54) is 11.8 Å². The largest absolute Gasteiger partial charge is 0.376 e. The molecule has 0 saturated carbocycles. The number of nitrogens with one attached hydrogen (secondary N) is 1. The summed E-state index contributed by atoms with van der Waals surface area (Å²) in [6.45, 7) is 3.38. The van der Waals surface area contributed by atoms with Gasteiger partial charge in [0.15, 0.2) is 0 Å². The zero-order chi connectivity index (χ0) is 16.1. The fraction of sp³-hybridized carbons (Fsp3) is 0.467. The molecule has 1 aromatic heterocycles. The van der Waals surface area contributed by atoms with Crippen molar-refractivity contribution in [2.45, 2.75) is 31.0 Å². The highest BCUT2D eigenvalue weighted by Crippen LogP contribution is 2.18. The molecule has 0 radical (unpaired) electrons. The number of tetrazole rings is 1. The number of hydrogen-bond acceptors (Lipinski definition) is 6. The van der Waals surface area contributed by atoms with Gasteiger partial charge in [-0.3, -0.25) is 4.79 Å². The number of ether oxygens (including phenoxy) is 1.